The van der Waals surface area contributed by atoms with Gasteiger partial charge in [0.25, 0.3) is 5.69 Å². The first-order valence-electron chi connectivity index (χ1n) is 5.84. The van der Waals surface area contributed by atoms with Gasteiger partial charge in [-0.1, -0.05) is 0 Å². The summed E-state index contributed by atoms with van der Waals surface area (Å²) < 4.78 is 5.68. The zero-order valence-electron chi connectivity index (χ0n) is 10.7. The fourth-order valence-electron chi connectivity index (χ4n) is 1.83. The number of aromatic nitrogens is 4. The number of fused-ring (bicyclic) bond motifs is 1. The minimum Gasteiger partial charge on any atom is -0.438 e. The Balaban J connectivity index is 2.02. The number of H-pyrrole nitrogens is 1. The van der Waals surface area contributed by atoms with Gasteiger partial charge in [0.05, 0.1) is 11.1 Å². The number of benzene rings is 1. The Labute approximate surface area is 122 Å². The Bertz CT molecular complexity index is 848. The van der Waals surface area contributed by atoms with Crippen molar-refractivity contribution in [2.24, 2.45) is 0 Å². The number of hydrogen-bond acceptors (Lipinski definition) is 6. The highest BCUT2D eigenvalue weighted by atomic mass is 35.5. The van der Waals surface area contributed by atoms with E-state index in [0.29, 0.717) is 22.3 Å². The van der Waals surface area contributed by atoms with Gasteiger partial charge in [0.15, 0.2) is 5.65 Å². The molecule has 0 aliphatic heterocycles. The minimum atomic E-state index is -0.466. The summed E-state index contributed by atoms with van der Waals surface area (Å²) in [5, 5.41) is 17.8. The van der Waals surface area contributed by atoms with Crippen molar-refractivity contribution in [1.82, 2.24) is 20.2 Å². The Morgan fingerprint density at radius 2 is 2.19 bits per heavy atom. The van der Waals surface area contributed by atoms with E-state index in [1.807, 2.05) is 0 Å². The van der Waals surface area contributed by atoms with Crippen molar-refractivity contribution in [1.29, 1.82) is 0 Å². The van der Waals surface area contributed by atoms with E-state index in [0.717, 1.165) is 0 Å². The molecule has 0 saturated carbocycles. The molecule has 1 aromatic carbocycles. The molecule has 106 valence electrons. The van der Waals surface area contributed by atoms with Crippen LogP contribution in [0.5, 0.6) is 11.6 Å². The summed E-state index contributed by atoms with van der Waals surface area (Å²) >= 11 is 5.81. The lowest BCUT2D eigenvalue weighted by Gasteiger charge is -2.08. The van der Waals surface area contributed by atoms with Crippen LogP contribution in [0.1, 0.15) is 5.56 Å². The third kappa shape index (κ3) is 2.48. The number of aromatic amines is 1. The maximum absolute atomic E-state index is 10.7. The van der Waals surface area contributed by atoms with Crippen molar-refractivity contribution < 1.29 is 9.66 Å². The molecule has 21 heavy (non-hydrogen) atoms. The fraction of sp³-hybridized carbons (Fsp3) is 0.0833. The molecule has 0 atom stereocenters. The van der Waals surface area contributed by atoms with E-state index in [1.165, 1.54) is 24.4 Å². The highest BCUT2D eigenvalue weighted by molar-refractivity contribution is 6.28. The van der Waals surface area contributed by atoms with E-state index in [-0.39, 0.29) is 16.9 Å². The van der Waals surface area contributed by atoms with Gasteiger partial charge in [-0.05, 0) is 30.2 Å². The second kappa shape index (κ2) is 4.98. The lowest BCUT2D eigenvalue weighted by atomic mass is 10.2. The first-order chi connectivity index (χ1) is 10.0. The molecular weight excluding hydrogens is 298 g/mol. The van der Waals surface area contributed by atoms with E-state index in [1.54, 1.807) is 6.92 Å². The first kappa shape index (κ1) is 13.3. The lowest BCUT2D eigenvalue weighted by molar-refractivity contribution is -0.384. The van der Waals surface area contributed by atoms with E-state index >= 15 is 0 Å². The predicted molar refractivity (Wildman–Crippen MR) is 74.6 cm³/mol. The van der Waals surface area contributed by atoms with Gasteiger partial charge in [0.2, 0.25) is 11.2 Å². The van der Waals surface area contributed by atoms with Crippen LogP contribution >= 0.6 is 11.6 Å². The van der Waals surface area contributed by atoms with Crippen LogP contribution in [0.3, 0.4) is 0 Å². The molecule has 0 spiro atoms. The van der Waals surface area contributed by atoms with Crippen LogP contribution < -0.4 is 4.74 Å². The summed E-state index contributed by atoms with van der Waals surface area (Å²) in [6.45, 7) is 1.71. The van der Waals surface area contributed by atoms with Gasteiger partial charge in [-0.2, -0.15) is 15.1 Å². The average Bonchev–Trinajstić information content (AvgIpc) is 2.88. The van der Waals surface area contributed by atoms with Crippen LogP contribution in [-0.4, -0.2) is 25.1 Å². The van der Waals surface area contributed by atoms with Gasteiger partial charge >= 0.3 is 0 Å². The van der Waals surface area contributed by atoms with Crippen molar-refractivity contribution in [2.75, 3.05) is 0 Å². The normalized spacial score (nSPS) is 10.8. The summed E-state index contributed by atoms with van der Waals surface area (Å²) in [4.78, 5) is 18.2. The minimum absolute atomic E-state index is 0.00553. The molecule has 0 amide bonds. The molecule has 0 aliphatic rings. The molecule has 3 rings (SSSR count). The summed E-state index contributed by atoms with van der Waals surface area (Å²) in [6.07, 6.45) is 1.52. The lowest BCUT2D eigenvalue weighted by Crippen LogP contribution is -1.95. The number of aryl methyl sites for hydroxylation is 1. The van der Waals surface area contributed by atoms with Gasteiger partial charge in [0.1, 0.15) is 11.1 Å². The number of non-ortho nitro benzene ring substituents is 1. The first-order valence-corrected chi connectivity index (χ1v) is 6.22. The molecule has 0 unspecified atom stereocenters. The van der Waals surface area contributed by atoms with Gasteiger partial charge in [-0.15, -0.1) is 0 Å². The van der Waals surface area contributed by atoms with Crippen LogP contribution in [0.25, 0.3) is 11.0 Å². The maximum atomic E-state index is 10.7. The Hall–Kier alpha value is -2.74. The molecule has 2 heterocycles. The molecule has 3 aromatic rings. The highest BCUT2D eigenvalue weighted by Crippen LogP contribution is 2.31. The number of nitrogens with one attached hydrogen (secondary N) is 1. The van der Waals surface area contributed by atoms with Gasteiger partial charge in [0, 0.05) is 12.1 Å². The summed E-state index contributed by atoms with van der Waals surface area (Å²) in [7, 11) is 0. The third-order valence-corrected chi connectivity index (χ3v) is 2.99. The Morgan fingerprint density at radius 1 is 1.38 bits per heavy atom. The molecule has 8 nitrogen and oxygen atoms in total. The Kier molecular flexibility index (Phi) is 3.15. The summed E-state index contributed by atoms with van der Waals surface area (Å²) in [5.41, 5.74) is 1.05. The standard InChI is InChI=1S/C12H8ClN5O3/c1-6-4-7(18(19)20)2-3-9(6)21-11-8-5-14-17-10(8)15-12(13)16-11/h2-5H,1H3,(H,14,15,16,17). The molecule has 9 heteroatoms. The zero-order chi connectivity index (χ0) is 15.0. The maximum Gasteiger partial charge on any atom is 0.269 e. The number of nitro groups is 1. The van der Waals surface area contributed by atoms with Crippen LogP contribution in [0, 0.1) is 17.0 Å². The molecule has 0 bridgehead atoms. The summed E-state index contributed by atoms with van der Waals surface area (Å²) in [6, 6.07) is 4.29. The summed E-state index contributed by atoms with van der Waals surface area (Å²) in [5.74, 6) is 0.675. The molecule has 0 saturated heterocycles. The van der Waals surface area contributed by atoms with Crippen LogP contribution in [-0.2, 0) is 0 Å². The van der Waals surface area contributed by atoms with Gasteiger partial charge in [-0.25, -0.2) is 0 Å². The van der Waals surface area contributed by atoms with Crippen LogP contribution in [0.4, 0.5) is 5.69 Å². The second-order valence-electron chi connectivity index (χ2n) is 4.24. The van der Waals surface area contributed by atoms with Crippen molar-refractivity contribution in [2.45, 2.75) is 6.92 Å². The Morgan fingerprint density at radius 3 is 2.90 bits per heavy atom. The van der Waals surface area contributed by atoms with E-state index in [9.17, 15) is 10.1 Å². The molecule has 0 fully saturated rings. The van der Waals surface area contributed by atoms with Gasteiger partial charge < -0.3 is 4.74 Å². The number of ether oxygens (including phenoxy) is 1. The monoisotopic (exact) mass is 305 g/mol. The number of rotatable bonds is 3. The van der Waals surface area contributed by atoms with E-state index in [2.05, 4.69) is 20.2 Å². The highest BCUT2D eigenvalue weighted by Gasteiger charge is 2.14. The third-order valence-electron chi connectivity index (χ3n) is 2.82. The molecule has 0 aliphatic carbocycles. The largest absolute Gasteiger partial charge is 0.438 e. The number of nitrogens with zero attached hydrogens (tertiary/aromatic N) is 4. The molecule has 0 radical (unpaired) electrons. The van der Waals surface area contributed by atoms with Crippen molar-refractivity contribution in [3.63, 3.8) is 0 Å². The number of halogens is 1. The smallest absolute Gasteiger partial charge is 0.269 e. The number of nitro benzene ring substituents is 1. The predicted octanol–water partition coefficient (Wildman–Crippen LogP) is 3.02. The van der Waals surface area contributed by atoms with Crippen molar-refractivity contribution in [3.05, 3.63) is 45.4 Å². The molecular formula is C12H8ClN5O3. The van der Waals surface area contributed by atoms with Crippen molar-refractivity contribution >= 4 is 28.3 Å². The van der Waals surface area contributed by atoms with Crippen LogP contribution in [0.2, 0.25) is 5.28 Å². The van der Waals surface area contributed by atoms with E-state index in [4.69, 9.17) is 16.3 Å². The van der Waals surface area contributed by atoms with Crippen molar-refractivity contribution in [3.8, 4) is 11.6 Å². The second-order valence-corrected chi connectivity index (χ2v) is 4.58. The van der Waals surface area contributed by atoms with E-state index < -0.39 is 4.92 Å². The van der Waals surface area contributed by atoms with Crippen LogP contribution in [0.15, 0.2) is 24.4 Å². The number of hydrogen-bond donors (Lipinski definition) is 1. The quantitative estimate of drug-likeness (QED) is 0.453. The molecule has 2 aromatic heterocycles. The SMILES string of the molecule is Cc1cc([N+](=O)[O-])ccc1Oc1nc(Cl)nc2[nH]ncc12. The zero-order valence-corrected chi connectivity index (χ0v) is 11.5. The molecule has 1 N–H and O–H groups in total. The average molecular weight is 306 g/mol. The topological polar surface area (TPSA) is 107 Å². The van der Waals surface area contributed by atoms with Gasteiger partial charge in [-0.3, -0.25) is 15.2 Å². The fourth-order valence-corrected chi connectivity index (χ4v) is 1.99.